The van der Waals surface area contributed by atoms with E-state index in [1.54, 1.807) is 18.2 Å². The number of nitrogens with zero attached hydrogens (tertiary/aromatic N) is 5. The number of benzene rings is 1. The van der Waals surface area contributed by atoms with Crippen molar-refractivity contribution in [1.82, 2.24) is 24.2 Å². The van der Waals surface area contributed by atoms with E-state index in [1.165, 1.54) is 0 Å². The lowest BCUT2D eigenvalue weighted by molar-refractivity contribution is -0.151. The summed E-state index contributed by atoms with van der Waals surface area (Å²) in [6.45, 7) is 5.15. The number of hydrogen-bond donors (Lipinski definition) is 0. The minimum Gasteiger partial charge on any atom is -0.466 e. The molecule has 0 spiro atoms. The van der Waals surface area contributed by atoms with Crippen molar-refractivity contribution < 1.29 is 18.7 Å². The van der Waals surface area contributed by atoms with Crippen molar-refractivity contribution in [2.24, 2.45) is 5.92 Å². The summed E-state index contributed by atoms with van der Waals surface area (Å²) in [5.74, 6) is -1.34. The van der Waals surface area contributed by atoms with Crippen molar-refractivity contribution in [3.05, 3.63) is 57.4 Å². The van der Waals surface area contributed by atoms with E-state index >= 15 is 0 Å². The molecule has 0 radical (unpaired) electrons. The van der Waals surface area contributed by atoms with Gasteiger partial charge in [-0.15, -0.1) is 5.10 Å². The summed E-state index contributed by atoms with van der Waals surface area (Å²) >= 11 is 5.95. The van der Waals surface area contributed by atoms with E-state index in [4.69, 9.17) is 20.8 Å². The number of rotatable bonds is 7. The maximum absolute atomic E-state index is 12.7. The third-order valence-electron chi connectivity index (χ3n) is 5.93. The smallest absolute Gasteiger partial charge is 0.437 e. The summed E-state index contributed by atoms with van der Waals surface area (Å²) in [6, 6.07) is 7.50. The van der Waals surface area contributed by atoms with Gasteiger partial charge in [0.15, 0.2) is 0 Å². The monoisotopic (exact) mass is 487 g/mol. The molecule has 180 valence electrons. The average Bonchev–Trinajstić information content (AvgIpc) is 3.37. The molecule has 0 unspecified atom stereocenters. The second kappa shape index (κ2) is 10.3. The van der Waals surface area contributed by atoms with Gasteiger partial charge in [0.25, 0.3) is 5.89 Å². The summed E-state index contributed by atoms with van der Waals surface area (Å²) < 4.78 is 13.3. The predicted octanol–water partition coefficient (Wildman–Crippen LogP) is 2.51. The first kappa shape index (κ1) is 23.7. The third kappa shape index (κ3) is 5.22. The molecule has 1 amide bonds. The molecule has 0 aliphatic carbocycles. The van der Waals surface area contributed by atoms with Crippen LogP contribution in [0.15, 0.2) is 39.8 Å². The Labute approximate surface area is 201 Å². The number of hydrogen-bond acceptors (Lipinski definition) is 7. The van der Waals surface area contributed by atoms with Crippen LogP contribution < -0.4 is 5.76 Å². The topological polar surface area (TPSA) is 112 Å². The van der Waals surface area contributed by atoms with Crippen molar-refractivity contribution in [1.29, 1.82) is 0 Å². The van der Waals surface area contributed by atoms with Crippen LogP contribution in [0.4, 0.5) is 0 Å². The molecular formula is C23H26ClN5O5. The molecule has 1 aromatic carbocycles. The van der Waals surface area contributed by atoms with E-state index in [-0.39, 0.29) is 30.2 Å². The summed E-state index contributed by atoms with van der Waals surface area (Å²) in [7, 11) is 0. The van der Waals surface area contributed by atoms with E-state index in [0.29, 0.717) is 49.8 Å². The Balaban J connectivity index is 1.41. The highest BCUT2D eigenvalue weighted by Crippen LogP contribution is 2.21. The lowest BCUT2D eigenvalue weighted by atomic mass is 9.97. The van der Waals surface area contributed by atoms with Crippen molar-refractivity contribution in [2.75, 3.05) is 19.7 Å². The number of imidazole rings is 1. The first-order chi connectivity index (χ1) is 16.4. The van der Waals surface area contributed by atoms with Crippen LogP contribution in [-0.2, 0) is 27.4 Å². The first-order valence-electron chi connectivity index (χ1n) is 11.1. The van der Waals surface area contributed by atoms with Gasteiger partial charge in [0, 0.05) is 30.4 Å². The molecule has 10 nitrogen and oxygen atoms in total. The Hall–Kier alpha value is -3.40. The van der Waals surface area contributed by atoms with E-state index in [2.05, 4.69) is 10.1 Å². The van der Waals surface area contributed by atoms with Crippen molar-refractivity contribution in [3.63, 3.8) is 0 Å². The van der Waals surface area contributed by atoms with Gasteiger partial charge in [-0.1, -0.05) is 23.7 Å². The summed E-state index contributed by atoms with van der Waals surface area (Å²) in [5.41, 5.74) is 2.25. The molecule has 4 rings (SSSR count). The number of halogens is 1. The summed E-state index contributed by atoms with van der Waals surface area (Å²) in [6.07, 6.45) is 2.72. The number of aromatic nitrogens is 4. The molecule has 1 saturated heterocycles. The molecule has 2 aromatic heterocycles. The van der Waals surface area contributed by atoms with Crippen LogP contribution in [0.3, 0.4) is 0 Å². The van der Waals surface area contributed by atoms with E-state index in [1.807, 2.05) is 35.8 Å². The molecule has 0 atom stereocenters. The van der Waals surface area contributed by atoms with Crippen LogP contribution >= 0.6 is 11.6 Å². The van der Waals surface area contributed by atoms with Crippen molar-refractivity contribution in [2.45, 2.75) is 39.8 Å². The first-order valence-corrected chi connectivity index (χ1v) is 11.5. The normalized spacial score (nSPS) is 14.4. The minimum absolute atomic E-state index is 0.0613. The van der Waals surface area contributed by atoms with E-state index in [9.17, 15) is 14.4 Å². The second-order valence-corrected chi connectivity index (χ2v) is 8.61. The molecule has 11 heteroatoms. The number of amides is 1. The van der Waals surface area contributed by atoms with Crippen LogP contribution in [-0.4, -0.2) is 55.8 Å². The Morgan fingerprint density at radius 2 is 1.91 bits per heavy atom. The van der Waals surface area contributed by atoms with E-state index < -0.39 is 5.76 Å². The minimum atomic E-state index is -0.726. The SMILES string of the molecule is CCOC(=O)C1CCN(C(=O)Cn2nc(-c3ncn(Cc4ccc(Cl)cc4)c3C)oc2=O)CC1. The van der Waals surface area contributed by atoms with Crippen molar-refractivity contribution in [3.8, 4) is 11.6 Å². The van der Waals surface area contributed by atoms with Crippen LogP contribution in [0.25, 0.3) is 11.6 Å². The number of piperidine rings is 1. The molecule has 1 fully saturated rings. The fraction of sp³-hybridized carbons (Fsp3) is 0.435. The number of esters is 1. The molecule has 0 saturated carbocycles. The number of likely N-dealkylation sites (tertiary alicyclic amines) is 1. The van der Waals surface area contributed by atoms with Gasteiger partial charge in [-0.3, -0.25) is 9.59 Å². The number of carbonyl (C=O) groups is 2. The van der Waals surface area contributed by atoms with Crippen LogP contribution in [0, 0.1) is 12.8 Å². The second-order valence-electron chi connectivity index (χ2n) is 8.17. The standard InChI is InChI=1S/C23H26ClN5O5/c1-3-33-22(31)17-8-10-27(11-9-17)19(30)13-29-23(32)34-21(26-29)20-15(2)28(14-25-20)12-16-4-6-18(24)7-5-16/h4-7,14,17H,3,8-13H2,1-2H3. The molecule has 0 bridgehead atoms. The molecule has 1 aliphatic rings. The molecule has 0 N–H and O–H groups in total. The Kier molecular flexibility index (Phi) is 7.16. The molecule has 3 heterocycles. The molecule has 1 aliphatic heterocycles. The van der Waals surface area contributed by atoms with Gasteiger partial charge in [0.2, 0.25) is 5.91 Å². The summed E-state index contributed by atoms with van der Waals surface area (Å²) in [4.78, 5) is 42.9. The fourth-order valence-electron chi connectivity index (χ4n) is 3.95. The van der Waals surface area contributed by atoms with Gasteiger partial charge < -0.3 is 18.6 Å². The zero-order chi connectivity index (χ0) is 24.2. The maximum atomic E-state index is 12.7. The largest absolute Gasteiger partial charge is 0.466 e. The zero-order valence-electron chi connectivity index (χ0n) is 19.1. The Bertz CT molecular complexity index is 1220. The van der Waals surface area contributed by atoms with Gasteiger partial charge in [0.1, 0.15) is 12.2 Å². The van der Waals surface area contributed by atoms with Gasteiger partial charge >= 0.3 is 11.7 Å². The molecular weight excluding hydrogens is 462 g/mol. The number of carbonyl (C=O) groups excluding carboxylic acids is 2. The lowest BCUT2D eigenvalue weighted by Gasteiger charge is -2.30. The van der Waals surface area contributed by atoms with Crippen LogP contribution in [0.2, 0.25) is 5.02 Å². The Morgan fingerprint density at radius 1 is 1.21 bits per heavy atom. The van der Waals surface area contributed by atoms with Gasteiger partial charge in [0.05, 0.1) is 18.9 Å². The maximum Gasteiger partial charge on any atom is 0.437 e. The van der Waals surface area contributed by atoms with Crippen molar-refractivity contribution >= 4 is 23.5 Å². The highest BCUT2D eigenvalue weighted by Gasteiger charge is 2.29. The third-order valence-corrected chi connectivity index (χ3v) is 6.18. The van der Waals surface area contributed by atoms with E-state index in [0.717, 1.165) is 15.9 Å². The predicted molar refractivity (Wildman–Crippen MR) is 123 cm³/mol. The number of ether oxygens (including phenoxy) is 1. The van der Waals surface area contributed by atoms with Gasteiger partial charge in [-0.2, -0.15) is 4.68 Å². The zero-order valence-corrected chi connectivity index (χ0v) is 19.8. The lowest BCUT2D eigenvalue weighted by Crippen LogP contribution is -2.43. The quantitative estimate of drug-likeness (QED) is 0.470. The van der Waals surface area contributed by atoms with Crippen LogP contribution in [0.1, 0.15) is 31.0 Å². The van der Waals surface area contributed by atoms with Gasteiger partial charge in [-0.05, 0) is 44.4 Å². The summed E-state index contributed by atoms with van der Waals surface area (Å²) in [5, 5.41) is 4.86. The van der Waals surface area contributed by atoms with Gasteiger partial charge in [-0.25, -0.2) is 9.78 Å². The average molecular weight is 488 g/mol. The molecule has 34 heavy (non-hydrogen) atoms. The Morgan fingerprint density at radius 3 is 2.59 bits per heavy atom. The van der Waals surface area contributed by atoms with Crippen LogP contribution in [0.5, 0.6) is 0 Å². The molecule has 3 aromatic rings. The highest BCUT2D eigenvalue weighted by atomic mass is 35.5. The highest BCUT2D eigenvalue weighted by molar-refractivity contribution is 6.30. The fourth-order valence-corrected chi connectivity index (χ4v) is 4.08.